The summed E-state index contributed by atoms with van der Waals surface area (Å²) < 4.78 is 5.76. The monoisotopic (exact) mass is 447 g/mol. The van der Waals surface area contributed by atoms with Crippen LogP contribution < -0.4 is 20.7 Å². The van der Waals surface area contributed by atoms with E-state index >= 15 is 0 Å². The van der Waals surface area contributed by atoms with Crippen LogP contribution in [0.3, 0.4) is 0 Å². The zero-order chi connectivity index (χ0) is 22.9. The Morgan fingerprint density at radius 1 is 0.844 bits per heavy atom. The molecule has 164 valence electrons. The van der Waals surface area contributed by atoms with Crippen molar-refractivity contribution in [1.29, 1.82) is 0 Å². The van der Waals surface area contributed by atoms with Gasteiger partial charge in [-0.1, -0.05) is 31.2 Å². The van der Waals surface area contributed by atoms with Crippen LogP contribution in [0.5, 0.6) is 5.75 Å². The lowest BCUT2D eigenvalue weighted by atomic mass is 10.2. The Morgan fingerprint density at radius 2 is 1.47 bits per heavy atom. The van der Waals surface area contributed by atoms with Crippen molar-refractivity contribution in [3.8, 4) is 5.75 Å². The van der Waals surface area contributed by atoms with Gasteiger partial charge < -0.3 is 15.4 Å². The molecular weight excluding hydrogens is 422 g/mol. The van der Waals surface area contributed by atoms with E-state index in [2.05, 4.69) is 16.0 Å². The van der Waals surface area contributed by atoms with Crippen LogP contribution in [0.25, 0.3) is 0 Å². The van der Waals surface area contributed by atoms with Gasteiger partial charge >= 0.3 is 0 Å². The van der Waals surface area contributed by atoms with E-state index in [1.165, 1.54) is 0 Å². The van der Waals surface area contributed by atoms with Gasteiger partial charge in [0.1, 0.15) is 5.75 Å². The summed E-state index contributed by atoms with van der Waals surface area (Å²) in [6, 6.07) is 23.0. The van der Waals surface area contributed by atoms with Gasteiger partial charge in [0.25, 0.3) is 11.8 Å². The average Bonchev–Trinajstić information content (AvgIpc) is 2.81. The molecule has 0 spiro atoms. The van der Waals surface area contributed by atoms with Crippen LogP contribution in [0.1, 0.15) is 41.0 Å². The van der Waals surface area contributed by atoms with Crippen LogP contribution >= 0.6 is 12.2 Å². The highest BCUT2D eigenvalue weighted by atomic mass is 32.1. The van der Waals surface area contributed by atoms with Crippen molar-refractivity contribution >= 4 is 40.5 Å². The second kappa shape index (κ2) is 11.1. The first-order valence-electron chi connectivity index (χ1n) is 10.3. The van der Waals surface area contributed by atoms with Crippen molar-refractivity contribution in [2.75, 3.05) is 10.6 Å². The third-order valence-corrected chi connectivity index (χ3v) is 4.88. The van der Waals surface area contributed by atoms with E-state index in [-0.39, 0.29) is 23.0 Å². The molecule has 3 aromatic rings. The largest absolute Gasteiger partial charge is 0.491 e. The molecule has 1 unspecified atom stereocenters. The third kappa shape index (κ3) is 6.65. The molecular formula is C25H25N3O3S. The van der Waals surface area contributed by atoms with Crippen LogP contribution in [-0.4, -0.2) is 23.0 Å². The van der Waals surface area contributed by atoms with Gasteiger partial charge in [0, 0.05) is 22.5 Å². The number of thiocarbonyl (C=S) groups is 1. The Hall–Kier alpha value is -3.71. The Bertz CT molecular complexity index is 1090. The van der Waals surface area contributed by atoms with Gasteiger partial charge in [0.05, 0.1) is 6.10 Å². The minimum absolute atomic E-state index is 0.0662. The van der Waals surface area contributed by atoms with Gasteiger partial charge in [-0.2, -0.15) is 0 Å². The van der Waals surface area contributed by atoms with Gasteiger partial charge in [0.2, 0.25) is 0 Å². The molecule has 0 aliphatic carbocycles. The van der Waals surface area contributed by atoms with Crippen molar-refractivity contribution < 1.29 is 14.3 Å². The maximum absolute atomic E-state index is 12.5. The molecule has 2 amide bonds. The second-order valence-electron chi connectivity index (χ2n) is 7.17. The number of carbonyl (C=O) groups is 2. The van der Waals surface area contributed by atoms with Crippen LogP contribution in [0.15, 0.2) is 78.9 Å². The van der Waals surface area contributed by atoms with Crippen LogP contribution in [0, 0.1) is 0 Å². The molecule has 32 heavy (non-hydrogen) atoms. The molecule has 1 atom stereocenters. The quantitative estimate of drug-likeness (QED) is 0.432. The van der Waals surface area contributed by atoms with E-state index in [1.54, 1.807) is 54.6 Å². The molecule has 0 aromatic heterocycles. The van der Waals surface area contributed by atoms with Gasteiger partial charge in [-0.3, -0.25) is 14.9 Å². The lowest BCUT2D eigenvalue weighted by Gasteiger charge is -2.14. The molecule has 0 bridgehead atoms. The highest BCUT2D eigenvalue weighted by Crippen LogP contribution is 2.17. The maximum atomic E-state index is 12.5. The zero-order valence-electron chi connectivity index (χ0n) is 17.9. The van der Waals surface area contributed by atoms with Crippen molar-refractivity contribution in [3.05, 3.63) is 90.0 Å². The van der Waals surface area contributed by atoms with E-state index in [9.17, 15) is 9.59 Å². The minimum atomic E-state index is -0.330. The summed E-state index contributed by atoms with van der Waals surface area (Å²) >= 11 is 5.26. The second-order valence-corrected chi connectivity index (χ2v) is 7.58. The minimum Gasteiger partial charge on any atom is -0.491 e. The van der Waals surface area contributed by atoms with Crippen molar-refractivity contribution in [1.82, 2.24) is 5.32 Å². The highest BCUT2D eigenvalue weighted by Gasteiger charge is 2.11. The summed E-state index contributed by atoms with van der Waals surface area (Å²) in [4.78, 5) is 24.8. The molecule has 0 fully saturated rings. The zero-order valence-corrected chi connectivity index (χ0v) is 18.7. The lowest BCUT2D eigenvalue weighted by Crippen LogP contribution is -2.34. The maximum Gasteiger partial charge on any atom is 0.257 e. The van der Waals surface area contributed by atoms with Crippen molar-refractivity contribution in [2.24, 2.45) is 0 Å². The average molecular weight is 448 g/mol. The Balaban J connectivity index is 1.54. The first kappa shape index (κ1) is 23.0. The highest BCUT2D eigenvalue weighted by molar-refractivity contribution is 7.80. The molecule has 3 aromatic carbocycles. The first-order valence-corrected chi connectivity index (χ1v) is 10.7. The number of ether oxygens (including phenoxy) is 1. The SMILES string of the molecule is CCC(C)Oc1cccc(C(=O)NC(=S)Nc2ccc(NC(=O)c3ccccc3)cc2)c1. The summed E-state index contributed by atoms with van der Waals surface area (Å²) in [6.07, 6.45) is 0.940. The Kier molecular flexibility index (Phi) is 7.94. The molecule has 0 aliphatic rings. The normalized spacial score (nSPS) is 11.2. The predicted octanol–water partition coefficient (Wildman–Crippen LogP) is 5.24. The number of hydrogen-bond donors (Lipinski definition) is 3. The van der Waals surface area contributed by atoms with Crippen LogP contribution in [0.4, 0.5) is 11.4 Å². The standard InChI is InChI=1S/C25H25N3O3S/c1-3-17(2)31-22-11-7-10-19(16-22)24(30)28-25(32)27-21-14-12-20(13-15-21)26-23(29)18-8-5-4-6-9-18/h4-17H,3H2,1-2H3,(H,26,29)(H2,27,28,30,32). The number of carbonyl (C=O) groups excluding carboxylic acids is 2. The van der Waals surface area contributed by atoms with E-state index in [0.29, 0.717) is 28.3 Å². The number of anilines is 2. The molecule has 0 saturated carbocycles. The predicted molar refractivity (Wildman–Crippen MR) is 131 cm³/mol. The molecule has 0 heterocycles. The molecule has 0 saturated heterocycles. The Morgan fingerprint density at radius 3 is 2.12 bits per heavy atom. The summed E-state index contributed by atoms with van der Waals surface area (Å²) in [5.41, 5.74) is 2.37. The van der Waals surface area contributed by atoms with E-state index in [4.69, 9.17) is 17.0 Å². The number of nitrogens with one attached hydrogen (secondary N) is 3. The van der Waals surface area contributed by atoms with Gasteiger partial charge in [-0.05, 0) is 80.2 Å². The molecule has 0 radical (unpaired) electrons. The fourth-order valence-corrected chi connectivity index (χ4v) is 3.00. The Labute approximate surface area is 193 Å². The van der Waals surface area contributed by atoms with Gasteiger partial charge in [-0.25, -0.2) is 0 Å². The molecule has 0 aliphatic heterocycles. The molecule has 3 N–H and O–H groups in total. The van der Waals surface area contributed by atoms with Crippen LogP contribution in [0.2, 0.25) is 0 Å². The summed E-state index contributed by atoms with van der Waals surface area (Å²) in [7, 11) is 0. The molecule has 7 heteroatoms. The lowest BCUT2D eigenvalue weighted by molar-refractivity contribution is 0.0975. The van der Waals surface area contributed by atoms with E-state index in [0.717, 1.165) is 6.42 Å². The third-order valence-electron chi connectivity index (χ3n) is 4.67. The molecule has 3 rings (SSSR count). The first-order chi connectivity index (χ1) is 15.4. The van der Waals surface area contributed by atoms with E-state index < -0.39 is 0 Å². The van der Waals surface area contributed by atoms with Gasteiger partial charge in [0.15, 0.2) is 5.11 Å². The van der Waals surface area contributed by atoms with Crippen LogP contribution in [-0.2, 0) is 0 Å². The number of rotatable bonds is 7. The topological polar surface area (TPSA) is 79.5 Å². The number of hydrogen-bond acceptors (Lipinski definition) is 4. The summed E-state index contributed by atoms with van der Waals surface area (Å²) in [5.74, 6) is 0.122. The summed E-state index contributed by atoms with van der Waals surface area (Å²) in [6.45, 7) is 4.01. The molecule has 6 nitrogen and oxygen atoms in total. The summed E-state index contributed by atoms with van der Waals surface area (Å²) in [5, 5.41) is 8.63. The number of benzene rings is 3. The fourth-order valence-electron chi connectivity index (χ4n) is 2.79. The smallest absolute Gasteiger partial charge is 0.257 e. The van der Waals surface area contributed by atoms with E-state index in [1.807, 2.05) is 38.1 Å². The fraction of sp³-hybridized carbons (Fsp3) is 0.160. The van der Waals surface area contributed by atoms with Crippen molar-refractivity contribution in [3.63, 3.8) is 0 Å². The van der Waals surface area contributed by atoms with Gasteiger partial charge in [-0.15, -0.1) is 0 Å². The van der Waals surface area contributed by atoms with Crippen molar-refractivity contribution in [2.45, 2.75) is 26.4 Å². The number of amides is 2.